The first-order valence-electron chi connectivity index (χ1n) is 6.95. The van der Waals surface area contributed by atoms with Gasteiger partial charge in [0.15, 0.2) is 11.5 Å². The van der Waals surface area contributed by atoms with E-state index >= 15 is 0 Å². The number of nitrogens with zero attached hydrogens (tertiary/aromatic N) is 2. The highest BCUT2D eigenvalue weighted by Gasteiger charge is 2.13. The van der Waals surface area contributed by atoms with Crippen molar-refractivity contribution in [1.82, 2.24) is 10.2 Å². The molecule has 0 unspecified atom stereocenters. The van der Waals surface area contributed by atoms with Crippen molar-refractivity contribution in [3.8, 4) is 23.0 Å². The van der Waals surface area contributed by atoms with E-state index in [2.05, 4.69) is 10.2 Å². The van der Waals surface area contributed by atoms with E-state index in [0.29, 0.717) is 29.7 Å². The highest BCUT2D eigenvalue weighted by atomic mass is 32.1. The molecule has 3 aromatic rings. The van der Waals surface area contributed by atoms with Crippen molar-refractivity contribution in [2.24, 2.45) is 0 Å². The van der Waals surface area contributed by atoms with Gasteiger partial charge in [0.2, 0.25) is 11.8 Å². The Kier molecular flexibility index (Phi) is 4.68. The molecule has 3 rings (SSSR count). The largest absolute Gasteiger partial charge is 0.493 e. The van der Waals surface area contributed by atoms with Crippen molar-refractivity contribution < 1.29 is 18.7 Å². The summed E-state index contributed by atoms with van der Waals surface area (Å²) in [6, 6.07) is 8.89. The molecule has 118 valence electrons. The van der Waals surface area contributed by atoms with Gasteiger partial charge >= 0.3 is 5.97 Å². The molecule has 0 amide bonds. The summed E-state index contributed by atoms with van der Waals surface area (Å²) < 4.78 is 15.9. The van der Waals surface area contributed by atoms with Crippen LogP contribution in [0.3, 0.4) is 0 Å². The Morgan fingerprint density at radius 2 is 2.04 bits per heavy atom. The number of hydrogen-bond acceptors (Lipinski definition) is 7. The van der Waals surface area contributed by atoms with Crippen molar-refractivity contribution in [3.05, 3.63) is 47.0 Å². The maximum Gasteiger partial charge on any atom is 0.311 e. The molecule has 0 saturated heterocycles. The number of aryl methyl sites for hydroxylation is 1. The van der Waals surface area contributed by atoms with Gasteiger partial charge in [-0.05, 0) is 23.6 Å². The van der Waals surface area contributed by atoms with Gasteiger partial charge in [-0.25, -0.2) is 0 Å². The van der Waals surface area contributed by atoms with Crippen molar-refractivity contribution in [2.75, 3.05) is 7.11 Å². The predicted molar refractivity (Wildman–Crippen MR) is 84.6 cm³/mol. The minimum atomic E-state index is -0.384. The molecule has 2 aromatic heterocycles. The molecule has 0 atom stereocenters. The molecule has 0 radical (unpaired) electrons. The van der Waals surface area contributed by atoms with E-state index in [0.717, 1.165) is 5.56 Å². The summed E-state index contributed by atoms with van der Waals surface area (Å²) in [6.45, 7) is 0. The molecule has 0 aliphatic rings. The molecule has 2 heterocycles. The Morgan fingerprint density at radius 3 is 2.78 bits per heavy atom. The Balaban J connectivity index is 1.57. The molecule has 7 heteroatoms. The van der Waals surface area contributed by atoms with Gasteiger partial charge in [-0.1, -0.05) is 12.1 Å². The second-order valence-electron chi connectivity index (χ2n) is 4.64. The smallest absolute Gasteiger partial charge is 0.311 e. The average molecular weight is 330 g/mol. The van der Waals surface area contributed by atoms with E-state index < -0.39 is 0 Å². The van der Waals surface area contributed by atoms with Crippen LogP contribution in [-0.4, -0.2) is 23.3 Å². The second-order valence-corrected chi connectivity index (χ2v) is 5.42. The third-order valence-electron chi connectivity index (χ3n) is 3.07. The lowest BCUT2D eigenvalue weighted by atomic mass is 10.3. The van der Waals surface area contributed by atoms with Gasteiger partial charge < -0.3 is 13.9 Å². The number of rotatable bonds is 6. The number of methoxy groups -OCH3 is 1. The van der Waals surface area contributed by atoms with Crippen LogP contribution in [0.15, 0.2) is 45.5 Å². The minimum Gasteiger partial charge on any atom is -0.493 e. The van der Waals surface area contributed by atoms with Gasteiger partial charge in [0.25, 0.3) is 0 Å². The summed E-state index contributed by atoms with van der Waals surface area (Å²) in [4.78, 5) is 11.9. The zero-order chi connectivity index (χ0) is 16.1. The molecule has 6 nitrogen and oxygen atoms in total. The third-order valence-corrected chi connectivity index (χ3v) is 3.75. The fourth-order valence-electron chi connectivity index (χ4n) is 1.94. The first kappa shape index (κ1) is 15.2. The Morgan fingerprint density at radius 1 is 1.22 bits per heavy atom. The SMILES string of the molecule is COc1ccccc1OC(=O)CCc1nnc(-c2ccsc2)o1. The molecule has 0 bridgehead atoms. The van der Waals surface area contributed by atoms with Crippen LogP contribution in [0.25, 0.3) is 11.5 Å². The molecular weight excluding hydrogens is 316 g/mol. The van der Waals surface area contributed by atoms with E-state index in [1.807, 2.05) is 16.8 Å². The molecule has 0 N–H and O–H groups in total. The van der Waals surface area contributed by atoms with E-state index in [1.165, 1.54) is 7.11 Å². The maximum absolute atomic E-state index is 11.9. The summed E-state index contributed by atoms with van der Waals surface area (Å²) in [5.41, 5.74) is 0.880. The van der Waals surface area contributed by atoms with Crippen LogP contribution >= 0.6 is 11.3 Å². The third kappa shape index (κ3) is 3.75. The molecule has 0 aliphatic carbocycles. The summed E-state index contributed by atoms with van der Waals surface area (Å²) in [5, 5.41) is 11.8. The van der Waals surface area contributed by atoms with E-state index in [4.69, 9.17) is 13.9 Å². The predicted octanol–water partition coefficient (Wildman–Crippen LogP) is 3.34. The number of ether oxygens (including phenoxy) is 2. The van der Waals surface area contributed by atoms with Crippen LogP contribution in [-0.2, 0) is 11.2 Å². The summed E-state index contributed by atoms with van der Waals surface area (Å²) in [6.07, 6.45) is 0.467. The van der Waals surface area contributed by atoms with Crippen LogP contribution in [0.2, 0.25) is 0 Å². The monoisotopic (exact) mass is 330 g/mol. The molecule has 0 fully saturated rings. The van der Waals surface area contributed by atoms with Gasteiger partial charge in [-0.15, -0.1) is 10.2 Å². The molecule has 1 aromatic carbocycles. The van der Waals surface area contributed by atoms with Crippen molar-refractivity contribution in [1.29, 1.82) is 0 Å². The maximum atomic E-state index is 11.9. The zero-order valence-corrected chi connectivity index (χ0v) is 13.2. The molecule has 23 heavy (non-hydrogen) atoms. The highest BCUT2D eigenvalue weighted by molar-refractivity contribution is 7.08. The van der Waals surface area contributed by atoms with Crippen molar-refractivity contribution in [2.45, 2.75) is 12.8 Å². The number of esters is 1. The van der Waals surface area contributed by atoms with Crippen molar-refractivity contribution >= 4 is 17.3 Å². The lowest BCUT2D eigenvalue weighted by molar-refractivity contribution is -0.134. The molecule has 0 aliphatic heterocycles. The van der Waals surface area contributed by atoms with Gasteiger partial charge in [-0.3, -0.25) is 4.79 Å². The fraction of sp³-hybridized carbons (Fsp3) is 0.188. The first-order chi connectivity index (χ1) is 11.3. The first-order valence-corrected chi connectivity index (χ1v) is 7.89. The lowest BCUT2D eigenvalue weighted by Gasteiger charge is -2.07. The molecule has 0 spiro atoms. The van der Waals surface area contributed by atoms with Gasteiger partial charge in [-0.2, -0.15) is 11.3 Å². The van der Waals surface area contributed by atoms with Gasteiger partial charge in [0.05, 0.1) is 13.5 Å². The topological polar surface area (TPSA) is 74.5 Å². The number of carbonyl (C=O) groups excluding carboxylic acids is 1. The summed E-state index contributed by atoms with van der Waals surface area (Å²) in [7, 11) is 1.52. The Hall–Kier alpha value is -2.67. The van der Waals surface area contributed by atoms with E-state index in [9.17, 15) is 4.79 Å². The number of aromatic nitrogens is 2. The van der Waals surface area contributed by atoms with Crippen LogP contribution in [0, 0.1) is 0 Å². The van der Waals surface area contributed by atoms with Crippen LogP contribution in [0.1, 0.15) is 12.3 Å². The lowest BCUT2D eigenvalue weighted by Crippen LogP contribution is -2.09. The van der Waals surface area contributed by atoms with Crippen LogP contribution in [0.4, 0.5) is 0 Å². The molecular formula is C16H14N2O4S. The highest BCUT2D eigenvalue weighted by Crippen LogP contribution is 2.26. The number of benzene rings is 1. The van der Waals surface area contributed by atoms with Gasteiger partial charge in [0.1, 0.15) is 0 Å². The van der Waals surface area contributed by atoms with Gasteiger partial charge in [0, 0.05) is 17.4 Å². The fourth-order valence-corrected chi connectivity index (χ4v) is 2.57. The minimum absolute atomic E-state index is 0.142. The number of para-hydroxylation sites is 2. The number of thiophene rings is 1. The molecule has 0 saturated carbocycles. The second kappa shape index (κ2) is 7.06. The van der Waals surface area contributed by atoms with E-state index in [-0.39, 0.29) is 12.4 Å². The van der Waals surface area contributed by atoms with Crippen LogP contribution in [0.5, 0.6) is 11.5 Å². The average Bonchev–Trinajstić information content (AvgIpc) is 3.24. The van der Waals surface area contributed by atoms with E-state index in [1.54, 1.807) is 35.6 Å². The summed E-state index contributed by atoms with van der Waals surface area (Å²) >= 11 is 1.55. The normalized spacial score (nSPS) is 10.5. The number of carbonyl (C=O) groups is 1. The number of hydrogen-bond donors (Lipinski definition) is 0. The Labute approximate surface area is 136 Å². The standard InChI is InChI=1S/C16H14N2O4S/c1-20-12-4-2-3-5-13(12)21-15(19)7-6-14-17-18-16(22-14)11-8-9-23-10-11/h2-5,8-10H,6-7H2,1H3. The van der Waals surface area contributed by atoms with Crippen LogP contribution < -0.4 is 9.47 Å². The Bertz CT molecular complexity index is 783. The quantitative estimate of drug-likeness (QED) is 0.510. The van der Waals surface area contributed by atoms with Crippen molar-refractivity contribution in [3.63, 3.8) is 0 Å². The summed E-state index contributed by atoms with van der Waals surface area (Å²) in [5.74, 6) is 1.38. The zero-order valence-electron chi connectivity index (χ0n) is 12.4.